The highest BCUT2D eigenvalue weighted by atomic mass is 32.2. The number of carbonyl (C=O) groups excluding carboxylic acids is 1. The van der Waals surface area contributed by atoms with Crippen LogP contribution in [-0.2, 0) is 16.4 Å². The van der Waals surface area contributed by atoms with Gasteiger partial charge in [-0.25, -0.2) is 8.42 Å². The lowest BCUT2D eigenvalue weighted by Gasteiger charge is -2.17. The fourth-order valence-corrected chi connectivity index (χ4v) is 3.70. The van der Waals surface area contributed by atoms with Crippen LogP contribution in [0, 0.1) is 12.3 Å². The van der Waals surface area contributed by atoms with Crippen LogP contribution in [0.3, 0.4) is 0 Å². The molecule has 0 bridgehead atoms. The first kappa shape index (κ1) is 16.2. The fourth-order valence-electron chi connectivity index (χ4n) is 2.72. The summed E-state index contributed by atoms with van der Waals surface area (Å²) >= 11 is 0. The van der Waals surface area contributed by atoms with Gasteiger partial charge in [0.25, 0.3) is 5.91 Å². The predicted molar refractivity (Wildman–Crippen MR) is 92.3 cm³/mol. The van der Waals surface area contributed by atoms with Crippen LogP contribution in [0.1, 0.15) is 15.9 Å². The third kappa shape index (κ3) is 3.04. The van der Waals surface area contributed by atoms with Gasteiger partial charge >= 0.3 is 0 Å². The number of hydrogen-bond acceptors (Lipinski definition) is 3. The number of terminal acetylenes is 1. The van der Waals surface area contributed by atoms with Crippen molar-refractivity contribution in [3.8, 4) is 12.3 Å². The molecule has 0 aliphatic carbocycles. The number of nitrogens with zero attached hydrogens (tertiary/aromatic N) is 1. The van der Waals surface area contributed by atoms with E-state index in [0.717, 1.165) is 17.7 Å². The maximum absolute atomic E-state index is 12.8. The van der Waals surface area contributed by atoms with Gasteiger partial charge in [0, 0.05) is 17.8 Å². The summed E-state index contributed by atoms with van der Waals surface area (Å²) in [6.45, 7) is 0.491. The largest absolute Gasteiger partial charge is 0.308 e. The van der Waals surface area contributed by atoms with Crippen LogP contribution in [0.25, 0.3) is 0 Å². The molecule has 1 amide bonds. The van der Waals surface area contributed by atoms with Gasteiger partial charge in [0.05, 0.1) is 11.4 Å². The first-order valence-corrected chi connectivity index (χ1v) is 8.94. The Kier molecular flexibility index (Phi) is 4.38. The lowest BCUT2D eigenvalue weighted by atomic mass is 10.1. The van der Waals surface area contributed by atoms with Gasteiger partial charge in [0.15, 0.2) is 0 Å². The number of carbonyl (C=O) groups is 1. The second-order valence-electron chi connectivity index (χ2n) is 5.39. The van der Waals surface area contributed by atoms with Crippen LogP contribution in [0.5, 0.6) is 0 Å². The number of fused-ring (bicyclic) bond motifs is 1. The molecular formula is C18H16N2O3S. The lowest BCUT2D eigenvalue weighted by Crippen LogP contribution is -2.29. The van der Waals surface area contributed by atoms with E-state index in [1.165, 1.54) is 12.1 Å². The van der Waals surface area contributed by atoms with Crippen molar-refractivity contribution in [2.75, 3.05) is 18.0 Å². The first-order valence-electron chi connectivity index (χ1n) is 7.46. The van der Waals surface area contributed by atoms with E-state index in [4.69, 9.17) is 6.42 Å². The normalized spacial score (nSPS) is 13.4. The zero-order valence-corrected chi connectivity index (χ0v) is 13.7. The third-order valence-electron chi connectivity index (χ3n) is 3.89. The van der Waals surface area contributed by atoms with Gasteiger partial charge in [0.2, 0.25) is 10.0 Å². The van der Waals surface area contributed by atoms with Crippen LogP contribution in [0.4, 0.5) is 5.69 Å². The van der Waals surface area contributed by atoms with E-state index in [1.807, 2.05) is 24.3 Å². The summed E-state index contributed by atoms with van der Waals surface area (Å²) in [5.41, 5.74) is 2.32. The van der Waals surface area contributed by atoms with Gasteiger partial charge in [-0.3, -0.25) is 4.79 Å². The number of para-hydroxylation sites is 1. The molecule has 6 heteroatoms. The molecule has 0 unspecified atom stereocenters. The van der Waals surface area contributed by atoms with Gasteiger partial charge in [-0.15, -0.1) is 6.42 Å². The molecule has 0 spiro atoms. The summed E-state index contributed by atoms with van der Waals surface area (Å²) in [6.07, 6.45) is 5.88. The minimum absolute atomic E-state index is 0.0242. The molecule has 0 radical (unpaired) electrons. The third-order valence-corrected chi connectivity index (χ3v) is 5.29. The molecule has 1 N–H and O–H groups in total. The molecule has 0 saturated carbocycles. The average molecular weight is 340 g/mol. The molecule has 0 saturated heterocycles. The Morgan fingerprint density at radius 2 is 2.00 bits per heavy atom. The first-order chi connectivity index (χ1) is 11.5. The molecule has 2 aromatic rings. The van der Waals surface area contributed by atoms with Crippen LogP contribution in [-0.4, -0.2) is 27.4 Å². The molecule has 2 aromatic carbocycles. The highest BCUT2D eigenvalue weighted by molar-refractivity contribution is 7.89. The summed E-state index contributed by atoms with van der Waals surface area (Å²) in [5.74, 6) is 2.01. The number of hydrogen-bond donors (Lipinski definition) is 1. The van der Waals surface area contributed by atoms with Gasteiger partial charge < -0.3 is 4.90 Å². The molecule has 0 fully saturated rings. The molecule has 5 nitrogen and oxygen atoms in total. The number of amides is 1. The number of sulfonamides is 1. The monoisotopic (exact) mass is 340 g/mol. The van der Waals surface area contributed by atoms with E-state index < -0.39 is 10.0 Å². The standard InChI is InChI=1S/C18H16N2O3S/c1-2-11-19-24(22,23)16-8-5-7-15(13-16)18(21)20-12-10-14-6-3-4-9-17(14)20/h1,3-9,13,19H,10-12H2. The van der Waals surface area contributed by atoms with Crippen molar-refractivity contribution in [3.05, 3.63) is 59.7 Å². The Morgan fingerprint density at radius 1 is 1.21 bits per heavy atom. The van der Waals surface area contributed by atoms with Crippen molar-refractivity contribution < 1.29 is 13.2 Å². The molecule has 122 valence electrons. The quantitative estimate of drug-likeness (QED) is 0.863. The fraction of sp³-hybridized carbons (Fsp3) is 0.167. The zero-order chi connectivity index (χ0) is 17.2. The van der Waals surface area contributed by atoms with Crippen LogP contribution < -0.4 is 9.62 Å². The van der Waals surface area contributed by atoms with E-state index >= 15 is 0 Å². The van der Waals surface area contributed by atoms with Crippen molar-refractivity contribution in [1.29, 1.82) is 0 Å². The van der Waals surface area contributed by atoms with E-state index in [0.29, 0.717) is 12.1 Å². The molecule has 1 heterocycles. The summed E-state index contributed by atoms with van der Waals surface area (Å²) in [7, 11) is -3.73. The summed E-state index contributed by atoms with van der Waals surface area (Å²) in [6, 6.07) is 13.7. The molecule has 3 rings (SSSR count). The zero-order valence-electron chi connectivity index (χ0n) is 12.9. The molecule has 0 aromatic heterocycles. The molecule has 24 heavy (non-hydrogen) atoms. The van der Waals surface area contributed by atoms with Crippen molar-refractivity contribution >= 4 is 21.6 Å². The maximum Gasteiger partial charge on any atom is 0.258 e. The van der Waals surface area contributed by atoms with Crippen molar-refractivity contribution in [1.82, 2.24) is 4.72 Å². The average Bonchev–Trinajstić information content (AvgIpc) is 3.03. The van der Waals surface area contributed by atoms with Crippen molar-refractivity contribution in [3.63, 3.8) is 0 Å². The molecular weight excluding hydrogens is 324 g/mol. The second kappa shape index (κ2) is 6.48. The van der Waals surface area contributed by atoms with Crippen LogP contribution in [0.15, 0.2) is 53.4 Å². The Hall–Kier alpha value is -2.62. The molecule has 0 atom stereocenters. The minimum atomic E-state index is -3.73. The number of nitrogens with one attached hydrogen (secondary N) is 1. The van der Waals surface area contributed by atoms with Gasteiger partial charge in [0.1, 0.15) is 0 Å². The topological polar surface area (TPSA) is 66.5 Å². The highest BCUT2D eigenvalue weighted by Gasteiger charge is 2.26. The number of rotatable bonds is 4. The van der Waals surface area contributed by atoms with E-state index in [1.54, 1.807) is 17.0 Å². The Bertz CT molecular complexity index is 929. The highest BCUT2D eigenvalue weighted by Crippen LogP contribution is 2.29. The Balaban J connectivity index is 1.90. The van der Waals surface area contributed by atoms with Gasteiger partial charge in [-0.2, -0.15) is 4.72 Å². The Morgan fingerprint density at radius 3 is 2.79 bits per heavy atom. The summed E-state index contributed by atoms with van der Waals surface area (Å²) in [4.78, 5) is 14.5. The maximum atomic E-state index is 12.8. The SMILES string of the molecule is C#CCNS(=O)(=O)c1cccc(C(=O)N2CCc3ccccc32)c1. The van der Waals surface area contributed by atoms with E-state index in [2.05, 4.69) is 10.6 Å². The van der Waals surface area contributed by atoms with E-state index in [9.17, 15) is 13.2 Å². The van der Waals surface area contributed by atoms with Gasteiger partial charge in [-0.1, -0.05) is 30.2 Å². The van der Waals surface area contributed by atoms with Gasteiger partial charge in [-0.05, 0) is 36.2 Å². The van der Waals surface area contributed by atoms with Crippen LogP contribution >= 0.6 is 0 Å². The summed E-state index contributed by atoms with van der Waals surface area (Å²) < 4.78 is 26.6. The predicted octanol–water partition coefficient (Wildman–Crippen LogP) is 1.80. The van der Waals surface area contributed by atoms with Crippen LogP contribution in [0.2, 0.25) is 0 Å². The lowest BCUT2D eigenvalue weighted by molar-refractivity contribution is 0.0989. The van der Waals surface area contributed by atoms with Crippen molar-refractivity contribution in [2.24, 2.45) is 0 Å². The second-order valence-corrected chi connectivity index (χ2v) is 7.16. The molecule has 1 aliphatic heterocycles. The Labute approximate surface area is 141 Å². The minimum Gasteiger partial charge on any atom is -0.308 e. The molecule has 1 aliphatic rings. The smallest absolute Gasteiger partial charge is 0.258 e. The number of benzene rings is 2. The van der Waals surface area contributed by atoms with Crippen molar-refractivity contribution in [2.45, 2.75) is 11.3 Å². The number of anilines is 1. The summed E-state index contributed by atoms with van der Waals surface area (Å²) in [5, 5.41) is 0. The van der Waals surface area contributed by atoms with E-state index in [-0.39, 0.29) is 17.3 Å².